The van der Waals surface area contributed by atoms with Crippen LogP contribution in [-0.2, 0) is 10.2 Å². The molecule has 1 rings (SSSR count). The molecule has 1 aliphatic rings. The fraction of sp³-hybridized carbons (Fsp3) is 1.00. The van der Waals surface area contributed by atoms with E-state index in [0.717, 1.165) is 25.7 Å². The number of hydrogen-bond acceptors (Lipinski definition) is 2. The fourth-order valence-corrected chi connectivity index (χ4v) is 4.00. The van der Waals surface area contributed by atoms with Crippen molar-refractivity contribution in [3.8, 4) is 0 Å². The molecule has 0 aliphatic heterocycles. The minimum Gasteiger partial charge on any atom is -0.202 e. The number of nitrogens with zero attached hydrogens (tertiary/aromatic N) is 1. The SMILES string of the molecule is CCN(CC)S(=O)(=O)NCC1CCCC(Cl)C1. The van der Waals surface area contributed by atoms with Crippen molar-refractivity contribution in [3.63, 3.8) is 0 Å². The summed E-state index contributed by atoms with van der Waals surface area (Å²) in [7, 11) is -3.30. The molecule has 1 fully saturated rings. The maximum absolute atomic E-state index is 11.9. The summed E-state index contributed by atoms with van der Waals surface area (Å²) in [4.78, 5) is 0. The molecule has 0 amide bonds. The van der Waals surface area contributed by atoms with Gasteiger partial charge in [0.2, 0.25) is 0 Å². The van der Waals surface area contributed by atoms with Gasteiger partial charge in [0, 0.05) is 25.0 Å². The van der Waals surface area contributed by atoms with Crippen LogP contribution in [0.5, 0.6) is 0 Å². The van der Waals surface area contributed by atoms with Gasteiger partial charge in [-0.1, -0.05) is 20.3 Å². The zero-order chi connectivity index (χ0) is 12.9. The molecule has 2 atom stereocenters. The third kappa shape index (κ3) is 4.73. The molecule has 0 saturated heterocycles. The second kappa shape index (κ2) is 6.92. The van der Waals surface area contributed by atoms with Crippen LogP contribution in [0.3, 0.4) is 0 Å². The highest BCUT2D eigenvalue weighted by Crippen LogP contribution is 2.27. The Balaban J connectivity index is 2.43. The van der Waals surface area contributed by atoms with Gasteiger partial charge in [-0.2, -0.15) is 12.7 Å². The highest BCUT2D eigenvalue weighted by Gasteiger charge is 2.24. The lowest BCUT2D eigenvalue weighted by atomic mass is 9.89. The lowest BCUT2D eigenvalue weighted by Gasteiger charge is -2.27. The summed E-state index contributed by atoms with van der Waals surface area (Å²) in [5.74, 6) is 0.386. The van der Waals surface area contributed by atoms with Gasteiger partial charge in [0.15, 0.2) is 0 Å². The van der Waals surface area contributed by atoms with Gasteiger partial charge in [-0.05, 0) is 25.2 Å². The van der Waals surface area contributed by atoms with E-state index in [1.165, 1.54) is 4.31 Å². The Hall–Kier alpha value is 0.160. The van der Waals surface area contributed by atoms with E-state index in [-0.39, 0.29) is 5.38 Å². The molecule has 0 aromatic heterocycles. The number of hydrogen-bond donors (Lipinski definition) is 1. The Bertz CT molecular complexity index is 317. The van der Waals surface area contributed by atoms with Gasteiger partial charge in [0.25, 0.3) is 10.2 Å². The molecule has 1 N–H and O–H groups in total. The number of alkyl halides is 1. The van der Waals surface area contributed by atoms with E-state index < -0.39 is 10.2 Å². The number of nitrogens with one attached hydrogen (secondary N) is 1. The van der Waals surface area contributed by atoms with Crippen molar-refractivity contribution >= 4 is 21.8 Å². The largest absolute Gasteiger partial charge is 0.279 e. The van der Waals surface area contributed by atoms with Crippen molar-refractivity contribution in [2.75, 3.05) is 19.6 Å². The third-order valence-corrected chi connectivity index (χ3v) is 5.44. The Labute approximate surface area is 110 Å². The van der Waals surface area contributed by atoms with Crippen LogP contribution >= 0.6 is 11.6 Å². The first-order chi connectivity index (χ1) is 7.99. The number of halogens is 1. The van der Waals surface area contributed by atoms with Crippen molar-refractivity contribution in [1.82, 2.24) is 9.03 Å². The van der Waals surface area contributed by atoms with Gasteiger partial charge < -0.3 is 0 Å². The first-order valence-electron chi connectivity index (χ1n) is 6.38. The zero-order valence-electron chi connectivity index (χ0n) is 10.7. The quantitative estimate of drug-likeness (QED) is 0.757. The molecule has 17 heavy (non-hydrogen) atoms. The summed E-state index contributed by atoms with van der Waals surface area (Å²) in [5, 5.41) is 0.215. The lowest BCUT2D eigenvalue weighted by Crippen LogP contribution is -2.42. The van der Waals surface area contributed by atoms with Crippen LogP contribution in [0.4, 0.5) is 0 Å². The molecule has 2 unspecified atom stereocenters. The highest BCUT2D eigenvalue weighted by molar-refractivity contribution is 7.87. The molecule has 0 aromatic rings. The van der Waals surface area contributed by atoms with Crippen molar-refractivity contribution in [1.29, 1.82) is 0 Å². The summed E-state index contributed by atoms with van der Waals surface area (Å²) < 4.78 is 27.9. The summed E-state index contributed by atoms with van der Waals surface area (Å²) in [6.07, 6.45) is 4.15. The van der Waals surface area contributed by atoms with E-state index in [4.69, 9.17) is 11.6 Å². The van der Waals surface area contributed by atoms with Crippen LogP contribution in [0, 0.1) is 5.92 Å². The summed E-state index contributed by atoms with van der Waals surface area (Å²) in [5.41, 5.74) is 0. The normalized spacial score (nSPS) is 26.4. The Kier molecular flexibility index (Phi) is 6.20. The molecule has 6 heteroatoms. The molecule has 1 saturated carbocycles. The summed E-state index contributed by atoms with van der Waals surface area (Å²) in [6, 6.07) is 0. The molecular weight excluding hydrogens is 260 g/mol. The third-order valence-electron chi connectivity index (χ3n) is 3.32. The van der Waals surface area contributed by atoms with Gasteiger partial charge in [0.05, 0.1) is 0 Å². The van der Waals surface area contributed by atoms with E-state index in [9.17, 15) is 8.42 Å². The molecule has 102 valence electrons. The first kappa shape index (κ1) is 15.2. The lowest BCUT2D eigenvalue weighted by molar-refractivity contribution is 0.355. The average Bonchev–Trinajstić information content (AvgIpc) is 2.28. The van der Waals surface area contributed by atoms with Crippen LogP contribution in [-0.4, -0.2) is 37.7 Å². The van der Waals surface area contributed by atoms with Crippen molar-refractivity contribution < 1.29 is 8.42 Å². The minimum atomic E-state index is -3.30. The van der Waals surface area contributed by atoms with Crippen LogP contribution in [0.1, 0.15) is 39.5 Å². The van der Waals surface area contributed by atoms with Crippen LogP contribution < -0.4 is 4.72 Å². The van der Waals surface area contributed by atoms with Crippen molar-refractivity contribution in [2.24, 2.45) is 5.92 Å². The topological polar surface area (TPSA) is 49.4 Å². The fourth-order valence-electron chi connectivity index (χ4n) is 2.29. The summed E-state index contributed by atoms with van der Waals surface area (Å²) in [6.45, 7) is 5.22. The molecular formula is C11H23ClN2O2S. The second-order valence-corrected chi connectivity index (χ2v) is 6.94. The van der Waals surface area contributed by atoms with Gasteiger partial charge in [-0.25, -0.2) is 4.72 Å². The Morgan fingerprint density at radius 3 is 2.47 bits per heavy atom. The van der Waals surface area contributed by atoms with E-state index in [2.05, 4.69) is 4.72 Å². The first-order valence-corrected chi connectivity index (χ1v) is 8.26. The number of rotatable bonds is 6. The molecule has 0 radical (unpaired) electrons. The van der Waals surface area contributed by atoms with E-state index >= 15 is 0 Å². The maximum atomic E-state index is 11.9. The van der Waals surface area contributed by atoms with Gasteiger partial charge in [-0.3, -0.25) is 0 Å². The monoisotopic (exact) mass is 282 g/mol. The van der Waals surface area contributed by atoms with Crippen molar-refractivity contribution in [3.05, 3.63) is 0 Å². The predicted molar refractivity (Wildman–Crippen MR) is 71.4 cm³/mol. The van der Waals surface area contributed by atoms with Crippen LogP contribution in [0.25, 0.3) is 0 Å². The predicted octanol–water partition coefficient (Wildman–Crippen LogP) is 1.96. The molecule has 4 nitrogen and oxygen atoms in total. The molecule has 0 spiro atoms. The average molecular weight is 283 g/mol. The second-order valence-electron chi connectivity index (χ2n) is 4.57. The molecule has 0 heterocycles. The van der Waals surface area contributed by atoms with Crippen LogP contribution in [0.2, 0.25) is 0 Å². The van der Waals surface area contributed by atoms with E-state index in [1.54, 1.807) is 0 Å². The minimum absolute atomic E-state index is 0.215. The molecule has 0 aromatic carbocycles. The summed E-state index contributed by atoms with van der Waals surface area (Å²) >= 11 is 6.09. The molecule has 1 aliphatic carbocycles. The van der Waals surface area contributed by atoms with Crippen molar-refractivity contribution in [2.45, 2.75) is 44.9 Å². The highest BCUT2D eigenvalue weighted by atomic mass is 35.5. The molecule has 0 bridgehead atoms. The smallest absolute Gasteiger partial charge is 0.202 e. The van der Waals surface area contributed by atoms with Gasteiger partial charge in [0.1, 0.15) is 0 Å². The zero-order valence-corrected chi connectivity index (χ0v) is 12.2. The standard InChI is InChI=1S/C11H23ClN2O2S/c1-3-14(4-2)17(15,16)13-9-10-6-5-7-11(12)8-10/h10-11,13H,3-9H2,1-2H3. The van der Waals surface area contributed by atoms with Gasteiger partial charge in [-0.15, -0.1) is 11.6 Å². The Morgan fingerprint density at radius 2 is 1.94 bits per heavy atom. The van der Waals surface area contributed by atoms with Gasteiger partial charge >= 0.3 is 0 Å². The van der Waals surface area contributed by atoms with E-state index in [1.807, 2.05) is 13.8 Å². The van der Waals surface area contributed by atoms with Crippen LogP contribution in [0.15, 0.2) is 0 Å². The Morgan fingerprint density at radius 1 is 1.29 bits per heavy atom. The maximum Gasteiger partial charge on any atom is 0.279 e. The van der Waals surface area contributed by atoms with E-state index in [0.29, 0.717) is 25.6 Å².